The van der Waals surface area contributed by atoms with Gasteiger partial charge in [0.05, 0.1) is 11.9 Å². The van der Waals surface area contributed by atoms with E-state index in [-0.39, 0.29) is 21.3 Å². The molecule has 10 heteroatoms. The number of hydrogen-bond acceptors (Lipinski definition) is 6. The van der Waals surface area contributed by atoms with Gasteiger partial charge in [-0.05, 0) is 39.8 Å². The van der Waals surface area contributed by atoms with Gasteiger partial charge in [0.1, 0.15) is 21.4 Å². The zero-order valence-electron chi connectivity index (χ0n) is 17.0. The maximum atomic E-state index is 14.2. The van der Waals surface area contributed by atoms with Crippen LogP contribution in [0.15, 0.2) is 36.7 Å². The highest BCUT2D eigenvalue weighted by Crippen LogP contribution is 2.34. The number of anilines is 2. The highest BCUT2D eigenvalue weighted by Gasteiger charge is 2.24. The Morgan fingerprint density at radius 1 is 1.23 bits per heavy atom. The lowest BCUT2D eigenvalue weighted by molar-refractivity contribution is 0.0636. The van der Waals surface area contributed by atoms with E-state index in [0.717, 1.165) is 11.3 Å². The maximum Gasteiger partial charge on any atom is 0.412 e. The second-order valence-corrected chi connectivity index (χ2v) is 8.34. The first-order valence-corrected chi connectivity index (χ1v) is 10.1. The number of rotatable bonds is 5. The number of benzene rings is 1. The summed E-state index contributed by atoms with van der Waals surface area (Å²) < 4.78 is 21.1. The predicted molar refractivity (Wildman–Crippen MR) is 113 cm³/mol. The summed E-state index contributed by atoms with van der Waals surface area (Å²) in [5.41, 5.74) is -0.0632. The number of nitrogens with one attached hydrogen (secondary N) is 2. The van der Waals surface area contributed by atoms with E-state index >= 15 is 0 Å². The molecule has 0 aliphatic carbocycles. The Bertz CT molecular complexity index is 1070. The molecule has 0 unspecified atom stereocenters. The molecule has 0 bridgehead atoms. The van der Waals surface area contributed by atoms with Gasteiger partial charge < -0.3 is 10.1 Å². The van der Waals surface area contributed by atoms with Crippen LogP contribution in [0.1, 0.15) is 38.2 Å². The minimum Gasteiger partial charge on any atom is -0.444 e. The van der Waals surface area contributed by atoms with Crippen molar-refractivity contribution < 1.29 is 18.7 Å². The van der Waals surface area contributed by atoms with Crippen molar-refractivity contribution in [2.24, 2.45) is 0 Å². The van der Waals surface area contributed by atoms with Crippen LogP contribution in [0.4, 0.5) is 19.9 Å². The van der Waals surface area contributed by atoms with E-state index in [9.17, 15) is 14.0 Å². The summed E-state index contributed by atoms with van der Waals surface area (Å²) in [4.78, 5) is 29.4. The van der Waals surface area contributed by atoms with Crippen LogP contribution in [0.5, 0.6) is 0 Å². The second-order valence-electron chi connectivity index (χ2n) is 7.34. The summed E-state index contributed by atoms with van der Waals surface area (Å²) in [6.45, 7) is 7.74. The minimum atomic E-state index is -0.737. The van der Waals surface area contributed by atoms with Gasteiger partial charge in [-0.15, -0.1) is 0 Å². The third-order valence-electron chi connectivity index (χ3n) is 3.78. The van der Waals surface area contributed by atoms with Crippen molar-refractivity contribution in [1.82, 2.24) is 14.8 Å². The topological polar surface area (TPSA) is 98.1 Å². The van der Waals surface area contributed by atoms with Gasteiger partial charge in [-0.3, -0.25) is 14.8 Å². The fourth-order valence-electron chi connectivity index (χ4n) is 2.50. The van der Waals surface area contributed by atoms with E-state index in [1.165, 1.54) is 12.3 Å². The van der Waals surface area contributed by atoms with Gasteiger partial charge in [-0.25, -0.2) is 14.2 Å². The molecule has 0 atom stereocenters. The third kappa shape index (κ3) is 5.20. The van der Waals surface area contributed by atoms with Gasteiger partial charge in [-0.2, -0.15) is 5.10 Å². The number of hydrogen-bond donors (Lipinski definition) is 2. The van der Waals surface area contributed by atoms with E-state index in [1.807, 2.05) is 6.92 Å². The molecule has 0 aliphatic heterocycles. The molecular weight excluding hydrogens is 409 g/mol. The van der Waals surface area contributed by atoms with E-state index in [0.29, 0.717) is 12.2 Å². The quantitative estimate of drug-likeness (QED) is 0.607. The number of halogens is 1. The largest absolute Gasteiger partial charge is 0.444 e. The lowest BCUT2D eigenvalue weighted by atomic mass is 10.2. The standard InChI is InChI=1S/C20H22FN5O3S/c1-5-26-11-12(10-22-26)23-16(27)15-18(25-19(28)29-20(2,3)4)30-17(24-15)13-8-6-7-9-14(13)21/h6-11H,5H2,1-4H3,(H,23,27)(H,25,28). The first kappa shape index (κ1) is 21.4. The van der Waals surface area contributed by atoms with Crippen molar-refractivity contribution in [2.45, 2.75) is 39.8 Å². The molecule has 0 saturated carbocycles. The molecule has 158 valence electrons. The normalized spacial score (nSPS) is 11.2. The number of aromatic nitrogens is 3. The van der Waals surface area contributed by atoms with E-state index < -0.39 is 23.4 Å². The molecular formula is C20H22FN5O3S. The van der Waals surface area contributed by atoms with Gasteiger partial charge in [0.25, 0.3) is 5.91 Å². The zero-order valence-corrected chi connectivity index (χ0v) is 17.8. The number of carbonyl (C=O) groups is 2. The van der Waals surface area contributed by atoms with Crippen LogP contribution in [-0.2, 0) is 11.3 Å². The van der Waals surface area contributed by atoms with Crippen LogP contribution in [0.2, 0.25) is 0 Å². The Morgan fingerprint density at radius 3 is 2.60 bits per heavy atom. The molecule has 1 aromatic carbocycles. The van der Waals surface area contributed by atoms with Crippen molar-refractivity contribution in [3.63, 3.8) is 0 Å². The van der Waals surface area contributed by atoms with Gasteiger partial charge in [0.15, 0.2) is 5.69 Å². The van der Waals surface area contributed by atoms with Crippen LogP contribution >= 0.6 is 11.3 Å². The van der Waals surface area contributed by atoms with Gasteiger partial charge in [0, 0.05) is 18.3 Å². The summed E-state index contributed by atoms with van der Waals surface area (Å²) in [7, 11) is 0. The van der Waals surface area contributed by atoms with Gasteiger partial charge >= 0.3 is 6.09 Å². The van der Waals surface area contributed by atoms with Crippen molar-refractivity contribution in [3.05, 3.63) is 48.2 Å². The van der Waals surface area contributed by atoms with Crippen molar-refractivity contribution in [2.75, 3.05) is 10.6 Å². The Morgan fingerprint density at radius 2 is 1.97 bits per heavy atom. The number of aryl methyl sites for hydroxylation is 1. The predicted octanol–water partition coefficient (Wildman–Crippen LogP) is 4.76. The van der Waals surface area contributed by atoms with Crippen molar-refractivity contribution in [1.29, 1.82) is 0 Å². The fourth-order valence-corrected chi connectivity index (χ4v) is 3.47. The monoisotopic (exact) mass is 431 g/mol. The maximum absolute atomic E-state index is 14.2. The molecule has 0 fully saturated rings. The molecule has 3 aromatic rings. The van der Waals surface area contributed by atoms with Crippen LogP contribution in [-0.4, -0.2) is 32.4 Å². The Balaban J connectivity index is 1.93. The number of nitrogens with zero attached hydrogens (tertiary/aromatic N) is 3. The molecule has 2 N–H and O–H groups in total. The van der Waals surface area contributed by atoms with E-state index in [4.69, 9.17) is 4.74 Å². The number of ether oxygens (including phenoxy) is 1. The molecule has 3 rings (SSSR count). The molecule has 8 nitrogen and oxygen atoms in total. The minimum absolute atomic E-state index is 0.0478. The lowest BCUT2D eigenvalue weighted by Gasteiger charge is -2.19. The Kier molecular flexibility index (Phi) is 6.16. The van der Waals surface area contributed by atoms with Crippen molar-refractivity contribution in [3.8, 4) is 10.6 Å². The summed E-state index contributed by atoms with van der Waals surface area (Å²) in [6.07, 6.45) is 2.44. The molecule has 0 aliphatic rings. The number of carbonyl (C=O) groups excluding carboxylic acids is 2. The van der Waals surface area contributed by atoms with Crippen LogP contribution in [0.3, 0.4) is 0 Å². The van der Waals surface area contributed by atoms with E-state index in [2.05, 4.69) is 20.7 Å². The lowest BCUT2D eigenvalue weighted by Crippen LogP contribution is -2.27. The molecule has 30 heavy (non-hydrogen) atoms. The summed E-state index contributed by atoms with van der Waals surface area (Å²) in [5, 5.41) is 9.76. The molecule has 2 heterocycles. The molecule has 0 radical (unpaired) electrons. The van der Waals surface area contributed by atoms with Gasteiger partial charge in [0.2, 0.25) is 0 Å². The summed E-state index contributed by atoms with van der Waals surface area (Å²) in [6, 6.07) is 6.08. The average molecular weight is 431 g/mol. The smallest absolute Gasteiger partial charge is 0.412 e. The molecule has 2 aromatic heterocycles. The highest BCUT2D eigenvalue weighted by atomic mass is 32.1. The van der Waals surface area contributed by atoms with E-state index in [1.54, 1.807) is 49.8 Å². The average Bonchev–Trinajstić information content (AvgIpc) is 3.27. The van der Waals surface area contributed by atoms with Crippen LogP contribution in [0.25, 0.3) is 10.6 Å². The van der Waals surface area contributed by atoms with Crippen LogP contribution in [0, 0.1) is 5.82 Å². The Labute approximate surface area is 177 Å². The first-order valence-electron chi connectivity index (χ1n) is 9.26. The summed E-state index contributed by atoms with van der Waals surface area (Å²) in [5.74, 6) is -1.04. The third-order valence-corrected chi connectivity index (χ3v) is 4.78. The van der Waals surface area contributed by atoms with Crippen LogP contribution < -0.4 is 10.6 Å². The fraction of sp³-hybridized carbons (Fsp3) is 0.300. The SMILES string of the molecule is CCn1cc(NC(=O)c2nc(-c3ccccc3F)sc2NC(=O)OC(C)(C)C)cn1. The highest BCUT2D eigenvalue weighted by molar-refractivity contribution is 7.19. The van der Waals surface area contributed by atoms with Gasteiger partial charge in [-0.1, -0.05) is 23.5 Å². The molecule has 0 spiro atoms. The molecule has 2 amide bonds. The first-order chi connectivity index (χ1) is 14.2. The molecule has 0 saturated heterocycles. The van der Waals surface area contributed by atoms with Crippen molar-refractivity contribution >= 4 is 34.0 Å². The second kappa shape index (κ2) is 8.62. The number of amides is 2. The Hall–Kier alpha value is -3.27. The number of thiazole rings is 1. The zero-order chi connectivity index (χ0) is 21.9. The summed E-state index contributed by atoms with van der Waals surface area (Å²) >= 11 is 0.985.